The molecular weight excluding hydrogens is 290 g/mol. The van der Waals surface area contributed by atoms with Crippen LogP contribution in [0.4, 0.5) is 0 Å². The summed E-state index contributed by atoms with van der Waals surface area (Å²) in [7, 11) is -3.79. The lowest BCUT2D eigenvalue weighted by Gasteiger charge is -2.22. The Morgan fingerprint density at radius 2 is 2.10 bits per heavy atom. The van der Waals surface area contributed by atoms with Crippen LogP contribution in [0, 0.1) is 5.92 Å². The molecule has 6 nitrogen and oxygen atoms in total. The van der Waals surface area contributed by atoms with Crippen molar-refractivity contribution in [3.8, 4) is 0 Å². The summed E-state index contributed by atoms with van der Waals surface area (Å²) in [5, 5.41) is 5.15. The maximum absolute atomic E-state index is 12.7. The number of rotatable bonds is 7. The monoisotopic (exact) mass is 313 g/mol. The minimum absolute atomic E-state index is 0.00410. The second kappa shape index (κ2) is 6.19. The molecule has 7 heteroatoms. The van der Waals surface area contributed by atoms with E-state index >= 15 is 0 Å². The highest BCUT2D eigenvalue weighted by Crippen LogP contribution is 2.30. The normalized spacial score (nSPS) is 15.2. The van der Waals surface area contributed by atoms with Gasteiger partial charge in [-0.25, -0.2) is 13.6 Å². The van der Waals surface area contributed by atoms with E-state index in [1.54, 1.807) is 4.57 Å². The number of amides is 1. The summed E-state index contributed by atoms with van der Waals surface area (Å²) in [6.45, 7) is 5.87. The van der Waals surface area contributed by atoms with Gasteiger partial charge in [0.1, 0.15) is 10.6 Å². The fourth-order valence-electron chi connectivity index (χ4n) is 2.40. The first-order valence-corrected chi connectivity index (χ1v) is 8.93. The third-order valence-electron chi connectivity index (χ3n) is 3.72. The Kier molecular flexibility index (Phi) is 4.73. The van der Waals surface area contributed by atoms with Gasteiger partial charge in [0.15, 0.2) is 0 Å². The number of nitrogens with two attached hydrogens (primary N) is 1. The van der Waals surface area contributed by atoms with E-state index < -0.39 is 10.0 Å². The van der Waals surface area contributed by atoms with Crippen molar-refractivity contribution in [2.75, 3.05) is 13.1 Å². The lowest BCUT2D eigenvalue weighted by atomic mass is 10.3. The topological polar surface area (TPSA) is 85.4 Å². The molecule has 0 atom stereocenters. The summed E-state index contributed by atoms with van der Waals surface area (Å²) >= 11 is 0. The molecular formula is C14H23N3O3S. The van der Waals surface area contributed by atoms with Crippen LogP contribution < -0.4 is 5.14 Å². The van der Waals surface area contributed by atoms with Crippen LogP contribution in [-0.2, 0) is 16.6 Å². The molecule has 1 fully saturated rings. The quantitative estimate of drug-likeness (QED) is 0.826. The Morgan fingerprint density at radius 1 is 1.43 bits per heavy atom. The molecule has 2 N–H and O–H groups in total. The van der Waals surface area contributed by atoms with Crippen molar-refractivity contribution in [1.29, 1.82) is 0 Å². The Labute approximate surface area is 126 Å². The number of nitrogens with zero attached hydrogens (tertiary/aromatic N) is 2. The molecule has 1 aromatic heterocycles. The first-order valence-electron chi connectivity index (χ1n) is 7.39. The molecule has 0 unspecified atom stereocenters. The number of hydrogen-bond acceptors (Lipinski definition) is 3. The SMILES string of the molecule is CCCN(CC1CC1)C(=O)c1cc(S(N)(=O)=O)cn1CC. The van der Waals surface area contributed by atoms with Gasteiger partial charge in [-0.05, 0) is 38.2 Å². The van der Waals surface area contributed by atoms with Crippen LogP contribution in [0.15, 0.2) is 17.2 Å². The minimum Gasteiger partial charge on any atom is -0.342 e. The highest BCUT2D eigenvalue weighted by atomic mass is 32.2. The van der Waals surface area contributed by atoms with Gasteiger partial charge in [-0.1, -0.05) is 6.92 Å². The van der Waals surface area contributed by atoms with Crippen LogP contribution in [-0.4, -0.2) is 36.9 Å². The summed E-state index contributed by atoms with van der Waals surface area (Å²) < 4.78 is 24.6. The highest BCUT2D eigenvalue weighted by Gasteiger charge is 2.28. The molecule has 0 saturated heterocycles. The number of sulfonamides is 1. The van der Waals surface area contributed by atoms with Gasteiger partial charge in [-0.2, -0.15) is 0 Å². The summed E-state index contributed by atoms with van der Waals surface area (Å²) in [4.78, 5) is 14.5. The van der Waals surface area contributed by atoms with E-state index in [0.29, 0.717) is 24.7 Å². The second-order valence-electron chi connectivity index (χ2n) is 5.59. The van der Waals surface area contributed by atoms with E-state index in [-0.39, 0.29) is 10.8 Å². The van der Waals surface area contributed by atoms with E-state index in [4.69, 9.17) is 5.14 Å². The highest BCUT2D eigenvalue weighted by molar-refractivity contribution is 7.89. The third kappa shape index (κ3) is 3.85. The Hall–Kier alpha value is -1.34. The van der Waals surface area contributed by atoms with E-state index in [2.05, 4.69) is 0 Å². The summed E-state index contributed by atoms with van der Waals surface area (Å²) in [5.74, 6) is 0.490. The Bertz CT molecular complexity index is 617. The number of aromatic nitrogens is 1. The molecule has 1 aliphatic carbocycles. The van der Waals surface area contributed by atoms with Crippen LogP contribution in [0.1, 0.15) is 43.6 Å². The average Bonchev–Trinajstić information content (AvgIpc) is 3.11. The molecule has 0 spiro atoms. The van der Waals surface area contributed by atoms with Crippen molar-refractivity contribution in [3.05, 3.63) is 18.0 Å². The van der Waals surface area contributed by atoms with Gasteiger partial charge in [0.05, 0.1) is 0 Å². The van der Waals surface area contributed by atoms with E-state index in [9.17, 15) is 13.2 Å². The lowest BCUT2D eigenvalue weighted by Crippen LogP contribution is -2.34. The summed E-state index contributed by atoms with van der Waals surface area (Å²) in [5.41, 5.74) is 0.399. The van der Waals surface area contributed by atoms with Gasteiger partial charge in [0, 0.05) is 25.8 Å². The van der Waals surface area contributed by atoms with Crippen molar-refractivity contribution >= 4 is 15.9 Å². The minimum atomic E-state index is -3.79. The molecule has 1 aliphatic rings. The smallest absolute Gasteiger partial charge is 0.270 e. The average molecular weight is 313 g/mol. The van der Waals surface area contributed by atoms with Crippen molar-refractivity contribution in [1.82, 2.24) is 9.47 Å². The number of aryl methyl sites for hydroxylation is 1. The van der Waals surface area contributed by atoms with Crippen molar-refractivity contribution in [2.45, 2.75) is 44.6 Å². The van der Waals surface area contributed by atoms with Crippen molar-refractivity contribution < 1.29 is 13.2 Å². The molecule has 1 aromatic rings. The Balaban J connectivity index is 2.29. The number of carbonyl (C=O) groups is 1. The van der Waals surface area contributed by atoms with Gasteiger partial charge in [-0.3, -0.25) is 4.79 Å². The van der Waals surface area contributed by atoms with Gasteiger partial charge < -0.3 is 9.47 Å². The fraction of sp³-hybridized carbons (Fsp3) is 0.643. The van der Waals surface area contributed by atoms with Crippen LogP contribution in [0.2, 0.25) is 0 Å². The first kappa shape index (κ1) is 16.0. The van der Waals surface area contributed by atoms with Crippen LogP contribution >= 0.6 is 0 Å². The zero-order chi connectivity index (χ0) is 15.6. The van der Waals surface area contributed by atoms with E-state index in [1.807, 2.05) is 18.7 Å². The molecule has 0 radical (unpaired) electrons. The lowest BCUT2D eigenvalue weighted by molar-refractivity contribution is 0.0737. The molecule has 2 rings (SSSR count). The second-order valence-corrected chi connectivity index (χ2v) is 7.15. The molecule has 0 bridgehead atoms. The van der Waals surface area contributed by atoms with Crippen molar-refractivity contribution in [2.24, 2.45) is 11.1 Å². The number of hydrogen-bond donors (Lipinski definition) is 1. The first-order chi connectivity index (χ1) is 9.86. The van der Waals surface area contributed by atoms with Crippen LogP contribution in [0.25, 0.3) is 0 Å². The Morgan fingerprint density at radius 3 is 2.57 bits per heavy atom. The van der Waals surface area contributed by atoms with E-state index in [1.165, 1.54) is 25.1 Å². The van der Waals surface area contributed by atoms with Crippen molar-refractivity contribution in [3.63, 3.8) is 0 Å². The molecule has 118 valence electrons. The molecule has 1 heterocycles. The maximum atomic E-state index is 12.7. The van der Waals surface area contributed by atoms with E-state index in [0.717, 1.165) is 13.0 Å². The number of primary sulfonamides is 1. The van der Waals surface area contributed by atoms with Gasteiger partial charge in [0.25, 0.3) is 5.91 Å². The molecule has 21 heavy (non-hydrogen) atoms. The standard InChI is InChI=1S/C14H23N3O3S/c1-3-7-17(9-11-5-6-11)14(18)13-8-12(21(15,19)20)10-16(13)4-2/h8,10-11H,3-7,9H2,1-2H3,(H2,15,19,20). The predicted octanol–water partition coefficient (Wildman–Crippen LogP) is 1.42. The van der Waals surface area contributed by atoms with Crippen LogP contribution in [0.5, 0.6) is 0 Å². The third-order valence-corrected chi connectivity index (χ3v) is 4.60. The maximum Gasteiger partial charge on any atom is 0.270 e. The zero-order valence-electron chi connectivity index (χ0n) is 12.6. The predicted molar refractivity (Wildman–Crippen MR) is 80.4 cm³/mol. The fourth-order valence-corrected chi connectivity index (χ4v) is 2.95. The molecule has 1 amide bonds. The van der Waals surface area contributed by atoms with Crippen LogP contribution in [0.3, 0.4) is 0 Å². The number of carbonyl (C=O) groups excluding carboxylic acids is 1. The molecule has 1 saturated carbocycles. The molecule has 0 aromatic carbocycles. The summed E-state index contributed by atoms with van der Waals surface area (Å²) in [6, 6.07) is 1.39. The largest absolute Gasteiger partial charge is 0.342 e. The van der Waals surface area contributed by atoms with Gasteiger partial charge >= 0.3 is 0 Å². The molecule has 0 aliphatic heterocycles. The van der Waals surface area contributed by atoms with Gasteiger partial charge in [0.2, 0.25) is 10.0 Å². The zero-order valence-corrected chi connectivity index (χ0v) is 13.4. The summed E-state index contributed by atoms with van der Waals surface area (Å²) in [6.07, 6.45) is 4.66. The van der Waals surface area contributed by atoms with Gasteiger partial charge in [-0.15, -0.1) is 0 Å².